The number of methoxy groups -OCH3 is 3. The molecule has 1 aromatic rings. The summed E-state index contributed by atoms with van der Waals surface area (Å²) < 4.78 is 16.4. The number of nitrogens with zero attached hydrogens (tertiary/aromatic N) is 3. The van der Waals surface area contributed by atoms with E-state index < -0.39 is 0 Å². The molecule has 160 valence electrons. The topological polar surface area (TPSA) is 83.6 Å². The Morgan fingerprint density at radius 2 is 1.72 bits per heavy atom. The monoisotopic (exact) mass is 406 g/mol. The number of rotatable bonds is 7. The van der Waals surface area contributed by atoms with E-state index in [0.717, 1.165) is 31.7 Å². The Morgan fingerprint density at radius 3 is 2.28 bits per heavy atom. The Balaban J connectivity index is 1.60. The van der Waals surface area contributed by atoms with Gasteiger partial charge in [-0.3, -0.25) is 19.5 Å². The standard InChI is InChI=1S/C20H30N4O5/c1-14(19(25)24-8-7-21-20(24)26)23-11-9-22(10-12-23)13-15-5-6-16(27-2)18(29-4)17(15)28-3/h5-6,14H,7-13H2,1-4H3,(H,21,26)/t14-/m0/s1. The molecule has 9 heteroatoms. The summed E-state index contributed by atoms with van der Waals surface area (Å²) in [6, 6.07) is 3.28. The van der Waals surface area contributed by atoms with Crippen LogP contribution < -0.4 is 19.5 Å². The van der Waals surface area contributed by atoms with Crippen molar-refractivity contribution in [3.8, 4) is 17.2 Å². The van der Waals surface area contributed by atoms with Crippen molar-refractivity contribution in [1.82, 2.24) is 20.0 Å². The van der Waals surface area contributed by atoms with Crippen molar-refractivity contribution in [3.05, 3.63) is 17.7 Å². The van der Waals surface area contributed by atoms with Crippen LogP contribution in [0.4, 0.5) is 4.79 Å². The molecule has 9 nitrogen and oxygen atoms in total. The average molecular weight is 406 g/mol. The van der Waals surface area contributed by atoms with Crippen LogP contribution in [0.2, 0.25) is 0 Å². The van der Waals surface area contributed by atoms with Crippen molar-refractivity contribution in [2.24, 2.45) is 0 Å². The zero-order valence-electron chi connectivity index (χ0n) is 17.6. The van der Waals surface area contributed by atoms with E-state index in [2.05, 4.69) is 15.1 Å². The SMILES string of the molecule is COc1ccc(CN2CCN([C@@H](C)C(=O)N3CCNC3=O)CC2)c(OC)c1OC. The molecule has 2 saturated heterocycles. The van der Waals surface area contributed by atoms with Crippen LogP contribution in [0, 0.1) is 0 Å². The van der Waals surface area contributed by atoms with E-state index in [9.17, 15) is 9.59 Å². The molecule has 0 aliphatic carbocycles. The van der Waals surface area contributed by atoms with Crippen LogP contribution in [0.25, 0.3) is 0 Å². The summed E-state index contributed by atoms with van der Waals surface area (Å²) in [5, 5.41) is 2.68. The molecule has 2 aliphatic rings. The van der Waals surface area contributed by atoms with Gasteiger partial charge in [-0.15, -0.1) is 0 Å². The third-order valence-electron chi connectivity index (χ3n) is 5.61. The summed E-state index contributed by atoms with van der Waals surface area (Å²) in [4.78, 5) is 30.1. The van der Waals surface area contributed by atoms with Crippen LogP contribution >= 0.6 is 0 Å². The lowest BCUT2D eigenvalue weighted by Gasteiger charge is -2.38. The second-order valence-corrected chi connectivity index (χ2v) is 7.20. The number of amides is 3. The van der Waals surface area contributed by atoms with Gasteiger partial charge < -0.3 is 19.5 Å². The number of piperazine rings is 1. The maximum Gasteiger partial charge on any atom is 0.324 e. The molecule has 29 heavy (non-hydrogen) atoms. The lowest BCUT2D eigenvalue weighted by atomic mass is 10.1. The van der Waals surface area contributed by atoms with Crippen LogP contribution in [0.3, 0.4) is 0 Å². The fraction of sp³-hybridized carbons (Fsp3) is 0.600. The molecule has 0 saturated carbocycles. The van der Waals surface area contributed by atoms with Gasteiger partial charge in [0.25, 0.3) is 0 Å². The van der Waals surface area contributed by atoms with Crippen LogP contribution in [0.1, 0.15) is 12.5 Å². The Morgan fingerprint density at radius 1 is 1.03 bits per heavy atom. The van der Waals surface area contributed by atoms with Crippen molar-refractivity contribution in [1.29, 1.82) is 0 Å². The Bertz CT molecular complexity index is 749. The minimum atomic E-state index is -0.309. The highest BCUT2D eigenvalue weighted by Crippen LogP contribution is 2.40. The second kappa shape index (κ2) is 9.32. The zero-order valence-corrected chi connectivity index (χ0v) is 17.6. The summed E-state index contributed by atoms with van der Waals surface area (Å²) in [5.74, 6) is 1.78. The van der Waals surface area contributed by atoms with Gasteiger partial charge in [0.1, 0.15) is 0 Å². The Hall–Kier alpha value is -2.52. The summed E-state index contributed by atoms with van der Waals surface area (Å²) in [6.45, 7) is 6.73. The smallest absolute Gasteiger partial charge is 0.324 e. The molecule has 2 fully saturated rings. The Labute approximate surface area is 171 Å². The highest BCUT2D eigenvalue weighted by atomic mass is 16.5. The molecule has 3 amide bonds. The van der Waals surface area contributed by atoms with E-state index in [1.165, 1.54) is 4.90 Å². The van der Waals surface area contributed by atoms with Crippen molar-refractivity contribution < 1.29 is 23.8 Å². The fourth-order valence-corrected chi connectivity index (χ4v) is 3.90. The summed E-state index contributed by atoms with van der Waals surface area (Å²) in [6.07, 6.45) is 0. The molecule has 0 bridgehead atoms. The van der Waals surface area contributed by atoms with Gasteiger partial charge in [0.05, 0.1) is 27.4 Å². The number of carbonyl (C=O) groups excluding carboxylic acids is 2. The van der Waals surface area contributed by atoms with Gasteiger partial charge in [-0.2, -0.15) is 0 Å². The van der Waals surface area contributed by atoms with Crippen LogP contribution in [0.5, 0.6) is 17.2 Å². The van der Waals surface area contributed by atoms with E-state index in [1.54, 1.807) is 21.3 Å². The molecule has 1 N–H and O–H groups in total. The lowest BCUT2D eigenvalue weighted by molar-refractivity contribution is -0.133. The van der Waals surface area contributed by atoms with Gasteiger partial charge in [0.2, 0.25) is 11.7 Å². The molecular formula is C20H30N4O5. The predicted molar refractivity (Wildman–Crippen MR) is 108 cm³/mol. The molecule has 2 aliphatic heterocycles. The molecule has 0 unspecified atom stereocenters. The maximum atomic E-state index is 12.6. The quantitative estimate of drug-likeness (QED) is 0.716. The first kappa shape index (κ1) is 21.2. The summed E-state index contributed by atoms with van der Waals surface area (Å²) in [5.41, 5.74) is 1.02. The molecule has 0 aromatic heterocycles. The van der Waals surface area contributed by atoms with E-state index in [1.807, 2.05) is 19.1 Å². The van der Waals surface area contributed by atoms with Crippen LogP contribution in [-0.2, 0) is 11.3 Å². The third-order valence-corrected chi connectivity index (χ3v) is 5.61. The average Bonchev–Trinajstić information content (AvgIpc) is 3.18. The summed E-state index contributed by atoms with van der Waals surface area (Å²) in [7, 11) is 4.83. The van der Waals surface area contributed by atoms with Crippen molar-refractivity contribution in [2.75, 3.05) is 60.6 Å². The minimum Gasteiger partial charge on any atom is -0.493 e. The van der Waals surface area contributed by atoms with Gasteiger partial charge in [0, 0.05) is 51.4 Å². The molecule has 0 radical (unpaired) electrons. The molecule has 1 atom stereocenters. The number of urea groups is 1. The first-order valence-corrected chi connectivity index (χ1v) is 9.83. The highest BCUT2D eigenvalue weighted by Gasteiger charge is 2.33. The number of ether oxygens (including phenoxy) is 3. The third kappa shape index (κ3) is 4.40. The van der Waals surface area contributed by atoms with E-state index >= 15 is 0 Å². The zero-order chi connectivity index (χ0) is 21.0. The molecular weight excluding hydrogens is 376 g/mol. The van der Waals surface area contributed by atoms with Crippen LogP contribution in [0.15, 0.2) is 12.1 Å². The normalized spacial score (nSPS) is 19.0. The fourth-order valence-electron chi connectivity index (χ4n) is 3.90. The van der Waals surface area contributed by atoms with E-state index in [-0.39, 0.29) is 18.0 Å². The molecule has 1 aromatic carbocycles. The lowest BCUT2D eigenvalue weighted by Crippen LogP contribution is -2.54. The van der Waals surface area contributed by atoms with Crippen molar-refractivity contribution in [3.63, 3.8) is 0 Å². The number of hydrogen-bond acceptors (Lipinski definition) is 7. The van der Waals surface area contributed by atoms with Gasteiger partial charge in [-0.05, 0) is 13.0 Å². The summed E-state index contributed by atoms with van der Waals surface area (Å²) >= 11 is 0. The number of carbonyl (C=O) groups is 2. The van der Waals surface area contributed by atoms with Crippen molar-refractivity contribution >= 4 is 11.9 Å². The molecule has 2 heterocycles. The van der Waals surface area contributed by atoms with Gasteiger partial charge in [0.15, 0.2) is 11.5 Å². The van der Waals surface area contributed by atoms with Gasteiger partial charge >= 0.3 is 6.03 Å². The number of imide groups is 1. The van der Waals surface area contributed by atoms with Crippen LogP contribution in [-0.4, -0.2) is 93.3 Å². The van der Waals surface area contributed by atoms with Gasteiger partial charge in [-0.1, -0.05) is 6.07 Å². The Kier molecular flexibility index (Phi) is 6.81. The number of benzene rings is 1. The number of nitrogens with one attached hydrogen (secondary N) is 1. The maximum absolute atomic E-state index is 12.6. The molecule has 3 rings (SSSR count). The van der Waals surface area contributed by atoms with Crippen molar-refractivity contribution in [2.45, 2.75) is 19.5 Å². The highest BCUT2D eigenvalue weighted by molar-refractivity contribution is 5.98. The second-order valence-electron chi connectivity index (χ2n) is 7.20. The van der Waals surface area contributed by atoms with E-state index in [0.29, 0.717) is 36.9 Å². The number of hydrogen-bond donors (Lipinski definition) is 1. The largest absolute Gasteiger partial charge is 0.493 e. The van der Waals surface area contributed by atoms with Gasteiger partial charge in [-0.25, -0.2) is 4.79 Å². The first-order valence-electron chi connectivity index (χ1n) is 9.83. The predicted octanol–water partition coefficient (Wildman–Crippen LogP) is 0.770. The minimum absolute atomic E-state index is 0.130. The first-order chi connectivity index (χ1) is 14.0. The molecule has 0 spiro atoms. The van der Waals surface area contributed by atoms with E-state index in [4.69, 9.17) is 14.2 Å².